The molecule has 2 saturated carbocycles. The van der Waals surface area contributed by atoms with E-state index in [0.717, 1.165) is 42.6 Å². The first kappa shape index (κ1) is 22.9. The van der Waals surface area contributed by atoms with Crippen LogP contribution in [0.3, 0.4) is 0 Å². The van der Waals surface area contributed by atoms with Gasteiger partial charge in [0.2, 0.25) is 0 Å². The van der Waals surface area contributed by atoms with E-state index in [1.807, 2.05) is 19.9 Å². The fraction of sp³-hybridized carbons (Fsp3) is 0.773. The molecule has 164 valence electrons. The number of aryl methyl sites for hydroxylation is 2. The average Bonchev–Trinajstić information content (AvgIpc) is 3.36. The molecule has 1 spiro atoms. The maximum Gasteiger partial charge on any atom is 0.191 e. The monoisotopic (exact) mass is 517 g/mol. The SMILES string of the molecule is CCNC(=NCC(C)(O)c1cc(C)oc1C)NC1C2CCOC2C12CCCC2.I. The third-order valence-electron chi connectivity index (χ3n) is 7.09. The third-order valence-corrected chi connectivity index (χ3v) is 7.09. The second-order valence-corrected chi connectivity index (χ2v) is 9.10. The lowest BCUT2D eigenvalue weighted by molar-refractivity contribution is -0.125. The molecule has 1 aromatic rings. The molecule has 2 heterocycles. The zero-order chi connectivity index (χ0) is 19.9. The number of furan rings is 1. The first-order valence-electron chi connectivity index (χ1n) is 10.8. The van der Waals surface area contributed by atoms with Gasteiger partial charge in [-0.2, -0.15) is 0 Å². The number of ether oxygens (including phenoxy) is 1. The number of nitrogens with one attached hydrogen (secondary N) is 2. The lowest BCUT2D eigenvalue weighted by atomic mass is 9.54. The highest BCUT2D eigenvalue weighted by atomic mass is 127. The van der Waals surface area contributed by atoms with E-state index in [2.05, 4.69) is 17.6 Å². The molecule has 29 heavy (non-hydrogen) atoms. The van der Waals surface area contributed by atoms with Gasteiger partial charge < -0.3 is 24.9 Å². The van der Waals surface area contributed by atoms with Crippen molar-refractivity contribution in [3.05, 3.63) is 23.2 Å². The third kappa shape index (κ3) is 4.06. The fourth-order valence-electron chi connectivity index (χ4n) is 5.86. The van der Waals surface area contributed by atoms with Gasteiger partial charge in [0.1, 0.15) is 17.1 Å². The molecule has 1 aliphatic heterocycles. The summed E-state index contributed by atoms with van der Waals surface area (Å²) in [5.74, 6) is 2.95. The van der Waals surface area contributed by atoms with Crippen LogP contribution in [0.4, 0.5) is 0 Å². The van der Waals surface area contributed by atoms with Crippen molar-refractivity contribution in [1.29, 1.82) is 0 Å². The molecular formula is C22H36IN3O3. The van der Waals surface area contributed by atoms with Gasteiger partial charge in [-0.1, -0.05) is 12.8 Å². The van der Waals surface area contributed by atoms with E-state index in [1.54, 1.807) is 6.92 Å². The Bertz CT molecular complexity index is 740. The van der Waals surface area contributed by atoms with Crippen molar-refractivity contribution in [2.24, 2.45) is 16.3 Å². The second kappa shape index (κ2) is 8.75. The zero-order valence-corrected chi connectivity index (χ0v) is 20.4. The Morgan fingerprint density at radius 2 is 2.07 bits per heavy atom. The van der Waals surface area contributed by atoms with Gasteiger partial charge in [-0.05, 0) is 53.0 Å². The number of fused-ring (bicyclic) bond motifs is 2. The van der Waals surface area contributed by atoms with Gasteiger partial charge in [0, 0.05) is 36.1 Å². The Morgan fingerprint density at radius 3 is 2.69 bits per heavy atom. The summed E-state index contributed by atoms with van der Waals surface area (Å²) in [4.78, 5) is 4.76. The van der Waals surface area contributed by atoms with E-state index in [-0.39, 0.29) is 35.9 Å². The van der Waals surface area contributed by atoms with Crippen molar-refractivity contribution in [2.45, 2.75) is 77.5 Å². The van der Waals surface area contributed by atoms with Crippen LogP contribution in [-0.2, 0) is 10.3 Å². The lowest BCUT2D eigenvalue weighted by Crippen LogP contribution is -2.69. The number of aliphatic hydroxyl groups is 1. The van der Waals surface area contributed by atoms with Crippen molar-refractivity contribution >= 4 is 29.9 Å². The van der Waals surface area contributed by atoms with Gasteiger partial charge >= 0.3 is 0 Å². The average molecular weight is 517 g/mol. The van der Waals surface area contributed by atoms with Crippen molar-refractivity contribution in [2.75, 3.05) is 19.7 Å². The van der Waals surface area contributed by atoms with E-state index in [1.165, 1.54) is 25.7 Å². The highest BCUT2D eigenvalue weighted by molar-refractivity contribution is 14.0. The smallest absolute Gasteiger partial charge is 0.191 e. The minimum Gasteiger partial charge on any atom is -0.466 e. The molecule has 0 aromatic carbocycles. The van der Waals surface area contributed by atoms with Crippen LogP contribution < -0.4 is 10.6 Å². The van der Waals surface area contributed by atoms with E-state index in [4.69, 9.17) is 14.1 Å². The summed E-state index contributed by atoms with van der Waals surface area (Å²) in [6, 6.07) is 2.33. The van der Waals surface area contributed by atoms with Crippen LogP contribution in [-0.4, -0.2) is 42.9 Å². The molecule has 0 amide bonds. The van der Waals surface area contributed by atoms with Gasteiger partial charge in [-0.15, -0.1) is 24.0 Å². The molecule has 1 aromatic heterocycles. The Hall–Kier alpha value is -0.800. The number of nitrogens with zero attached hydrogens (tertiary/aromatic N) is 1. The molecule has 0 radical (unpaired) electrons. The largest absolute Gasteiger partial charge is 0.466 e. The van der Waals surface area contributed by atoms with Crippen LogP contribution in [0.15, 0.2) is 15.5 Å². The predicted octanol–water partition coefficient (Wildman–Crippen LogP) is 3.62. The molecular weight excluding hydrogens is 481 g/mol. The molecule has 4 rings (SSSR count). The van der Waals surface area contributed by atoms with Gasteiger partial charge in [-0.3, -0.25) is 0 Å². The van der Waals surface area contributed by atoms with Crippen LogP contribution in [0.1, 0.15) is 63.0 Å². The van der Waals surface area contributed by atoms with E-state index < -0.39 is 5.60 Å². The summed E-state index contributed by atoms with van der Waals surface area (Å²) >= 11 is 0. The number of rotatable bonds is 5. The number of aliphatic imine (C=N–C) groups is 1. The van der Waals surface area contributed by atoms with Crippen molar-refractivity contribution in [3.8, 4) is 0 Å². The maximum absolute atomic E-state index is 11.0. The summed E-state index contributed by atoms with van der Waals surface area (Å²) in [6.45, 7) is 9.64. The molecule has 2 aliphatic carbocycles. The predicted molar refractivity (Wildman–Crippen MR) is 125 cm³/mol. The number of guanidine groups is 1. The standard InChI is InChI=1S/C22H35N3O3.HI/c1-5-23-20(24-13-21(4,26)17-12-14(2)28-15(17)3)25-18-16-8-11-27-19(16)22(18)9-6-7-10-22;/h12,16,18-19,26H,5-11,13H2,1-4H3,(H2,23,24,25);1H. The van der Waals surface area contributed by atoms with Crippen LogP contribution >= 0.6 is 24.0 Å². The molecule has 1 saturated heterocycles. The summed E-state index contributed by atoms with van der Waals surface area (Å²) in [5.41, 5.74) is 0.0242. The minimum atomic E-state index is -1.06. The van der Waals surface area contributed by atoms with Gasteiger partial charge in [0.25, 0.3) is 0 Å². The van der Waals surface area contributed by atoms with Crippen molar-refractivity contribution in [3.63, 3.8) is 0 Å². The molecule has 3 aliphatic rings. The highest BCUT2D eigenvalue weighted by Crippen LogP contribution is 2.60. The van der Waals surface area contributed by atoms with Crippen molar-refractivity contribution < 1.29 is 14.3 Å². The van der Waals surface area contributed by atoms with Crippen molar-refractivity contribution in [1.82, 2.24) is 10.6 Å². The topological polar surface area (TPSA) is 79.0 Å². The maximum atomic E-state index is 11.0. The Morgan fingerprint density at radius 1 is 1.34 bits per heavy atom. The molecule has 0 bridgehead atoms. The van der Waals surface area contributed by atoms with E-state index in [9.17, 15) is 5.11 Å². The summed E-state index contributed by atoms with van der Waals surface area (Å²) in [6.07, 6.45) is 6.65. The number of hydrogen-bond donors (Lipinski definition) is 3. The molecule has 4 unspecified atom stereocenters. The minimum absolute atomic E-state index is 0. The number of hydrogen-bond acceptors (Lipinski definition) is 4. The first-order valence-corrected chi connectivity index (χ1v) is 10.8. The Kier molecular flexibility index (Phi) is 6.90. The molecule has 3 N–H and O–H groups in total. The van der Waals surface area contributed by atoms with Crippen LogP contribution in [0.2, 0.25) is 0 Å². The zero-order valence-electron chi connectivity index (χ0n) is 18.1. The lowest BCUT2D eigenvalue weighted by Gasteiger charge is -2.57. The van der Waals surface area contributed by atoms with Gasteiger partial charge in [0.15, 0.2) is 5.96 Å². The van der Waals surface area contributed by atoms with Crippen LogP contribution in [0.25, 0.3) is 0 Å². The second-order valence-electron chi connectivity index (χ2n) is 9.10. The number of halogens is 1. The molecule has 7 heteroatoms. The normalized spacial score (nSPS) is 29.7. The van der Waals surface area contributed by atoms with Crippen LogP contribution in [0.5, 0.6) is 0 Å². The van der Waals surface area contributed by atoms with E-state index in [0.29, 0.717) is 18.1 Å². The summed E-state index contributed by atoms with van der Waals surface area (Å²) < 4.78 is 11.7. The Labute approximate surface area is 191 Å². The van der Waals surface area contributed by atoms with Crippen LogP contribution in [0, 0.1) is 25.2 Å². The first-order chi connectivity index (χ1) is 13.4. The summed E-state index contributed by atoms with van der Waals surface area (Å²) in [5, 5.41) is 18.1. The van der Waals surface area contributed by atoms with Gasteiger partial charge in [-0.25, -0.2) is 4.99 Å². The fourth-order valence-corrected chi connectivity index (χ4v) is 5.86. The van der Waals surface area contributed by atoms with E-state index >= 15 is 0 Å². The Balaban J connectivity index is 0.00000240. The molecule has 6 nitrogen and oxygen atoms in total. The summed E-state index contributed by atoms with van der Waals surface area (Å²) in [7, 11) is 0. The molecule has 3 fully saturated rings. The highest BCUT2D eigenvalue weighted by Gasteiger charge is 2.65. The van der Waals surface area contributed by atoms with Gasteiger partial charge in [0.05, 0.1) is 12.6 Å². The molecule has 4 atom stereocenters. The quantitative estimate of drug-likeness (QED) is 0.316.